The van der Waals surface area contributed by atoms with E-state index in [4.69, 9.17) is 14.2 Å². The third kappa shape index (κ3) is 7.77. The van der Waals surface area contributed by atoms with Crippen LogP contribution in [0.5, 0.6) is 11.5 Å². The summed E-state index contributed by atoms with van der Waals surface area (Å²) in [6.07, 6.45) is 3.69. The fourth-order valence-corrected chi connectivity index (χ4v) is 2.65. The molecule has 31 heavy (non-hydrogen) atoms. The van der Waals surface area contributed by atoms with Crippen LogP contribution in [-0.2, 0) is 20.9 Å². The summed E-state index contributed by atoms with van der Waals surface area (Å²) in [6.45, 7) is 4.63. The fraction of sp³-hybridized carbons (Fsp3) is 0.333. The van der Waals surface area contributed by atoms with Gasteiger partial charge in [-0.1, -0.05) is 31.2 Å². The fourth-order valence-electron chi connectivity index (χ4n) is 2.65. The van der Waals surface area contributed by atoms with Crippen LogP contribution in [0.25, 0.3) is 6.08 Å². The molecular weight excluding hydrogens is 401 g/mol. The number of carbonyl (C=O) groups excluding carboxylic acids is 2. The molecule has 0 heterocycles. The van der Waals surface area contributed by atoms with Crippen LogP contribution in [0, 0.1) is 5.82 Å². The maximum Gasteiger partial charge on any atom is 0.331 e. The molecule has 0 bridgehead atoms. The van der Waals surface area contributed by atoms with Crippen LogP contribution in [0.2, 0.25) is 0 Å². The highest BCUT2D eigenvalue weighted by Crippen LogP contribution is 2.29. The zero-order valence-electron chi connectivity index (χ0n) is 18.1. The molecule has 0 aliphatic heterocycles. The molecule has 2 rings (SSSR count). The van der Waals surface area contributed by atoms with E-state index in [1.165, 1.54) is 24.1 Å². The second-order valence-corrected chi connectivity index (χ2v) is 6.77. The van der Waals surface area contributed by atoms with Crippen LogP contribution in [-0.4, -0.2) is 43.6 Å². The number of esters is 1. The molecule has 0 radical (unpaired) electrons. The van der Waals surface area contributed by atoms with Gasteiger partial charge < -0.3 is 19.1 Å². The summed E-state index contributed by atoms with van der Waals surface area (Å²) in [6, 6.07) is 11.6. The van der Waals surface area contributed by atoms with Gasteiger partial charge in [-0.05, 0) is 43.2 Å². The number of nitrogens with zero attached hydrogens (tertiary/aromatic N) is 1. The molecule has 0 aliphatic carbocycles. The van der Waals surface area contributed by atoms with Gasteiger partial charge in [0.05, 0.1) is 13.2 Å². The van der Waals surface area contributed by atoms with Crippen molar-refractivity contribution in [2.45, 2.75) is 26.8 Å². The quantitative estimate of drug-likeness (QED) is 0.395. The minimum Gasteiger partial charge on any atom is -0.490 e. The van der Waals surface area contributed by atoms with E-state index in [-0.39, 0.29) is 12.4 Å². The second-order valence-electron chi connectivity index (χ2n) is 6.77. The van der Waals surface area contributed by atoms with Crippen LogP contribution < -0.4 is 9.47 Å². The van der Waals surface area contributed by atoms with Gasteiger partial charge in [0.25, 0.3) is 5.91 Å². The van der Waals surface area contributed by atoms with Crippen molar-refractivity contribution in [1.29, 1.82) is 0 Å². The Bertz CT molecular complexity index is 913. The van der Waals surface area contributed by atoms with E-state index in [1.54, 1.807) is 42.5 Å². The number of hydrogen-bond donors (Lipinski definition) is 0. The number of carbonyl (C=O) groups is 2. The Morgan fingerprint density at radius 1 is 1.06 bits per heavy atom. The van der Waals surface area contributed by atoms with Crippen molar-refractivity contribution in [2.24, 2.45) is 0 Å². The number of hydrogen-bond acceptors (Lipinski definition) is 5. The zero-order valence-corrected chi connectivity index (χ0v) is 18.1. The van der Waals surface area contributed by atoms with Gasteiger partial charge in [0, 0.05) is 25.2 Å². The number of amides is 1. The van der Waals surface area contributed by atoms with E-state index >= 15 is 0 Å². The van der Waals surface area contributed by atoms with Crippen LogP contribution in [0.3, 0.4) is 0 Å². The minimum atomic E-state index is -0.656. The lowest BCUT2D eigenvalue weighted by Gasteiger charge is -2.17. The van der Waals surface area contributed by atoms with Crippen LogP contribution >= 0.6 is 0 Å². The first-order valence-corrected chi connectivity index (χ1v) is 10.2. The number of rotatable bonds is 11. The number of ether oxygens (including phenoxy) is 3. The van der Waals surface area contributed by atoms with Gasteiger partial charge in [0.15, 0.2) is 18.1 Å². The van der Waals surface area contributed by atoms with Gasteiger partial charge in [0.2, 0.25) is 0 Å². The van der Waals surface area contributed by atoms with Crippen molar-refractivity contribution >= 4 is 18.0 Å². The van der Waals surface area contributed by atoms with Gasteiger partial charge >= 0.3 is 5.97 Å². The summed E-state index contributed by atoms with van der Waals surface area (Å²) in [5.41, 5.74) is 1.12. The van der Waals surface area contributed by atoms with E-state index in [0.29, 0.717) is 30.3 Å². The highest BCUT2D eigenvalue weighted by atomic mass is 19.1. The number of benzene rings is 2. The minimum absolute atomic E-state index is 0.0888. The Kier molecular flexibility index (Phi) is 9.55. The molecule has 7 heteroatoms. The first-order chi connectivity index (χ1) is 14.9. The lowest BCUT2D eigenvalue weighted by atomic mass is 10.2. The molecule has 6 nitrogen and oxygen atoms in total. The highest BCUT2D eigenvalue weighted by Gasteiger charge is 2.13. The third-order valence-electron chi connectivity index (χ3n) is 4.27. The van der Waals surface area contributed by atoms with Crippen molar-refractivity contribution in [3.63, 3.8) is 0 Å². The average Bonchev–Trinajstić information content (AvgIpc) is 2.77. The molecule has 0 unspecified atom stereocenters. The van der Waals surface area contributed by atoms with Gasteiger partial charge in [0.1, 0.15) is 5.82 Å². The molecule has 0 N–H and O–H groups in total. The Morgan fingerprint density at radius 3 is 2.55 bits per heavy atom. The average molecular weight is 429 g/mol. The van der Waals surface area contributed by atoms with E-state index in [0.717, 1.165) is 12.0 Å². The molecule has 1 amide bonds. The van der Waals surface area contributed by atoms with Crippen LogP contribution in [0.15, 0.2) is 48.5 Å². The maximum absolute atomic E-state index is 13.7. The SMILES string of the molecule is CCCOc1ccc(/C=C/C(=O)OCC(=O)N(C)Cc2ccccc2F)cc1OCC. The summed E-state index contributed by atoms with van der Waals surface area (Å²) < 4.78 is 29.9. The van der Waals surface area contributed by atoms with E-state index in [2.05, 4.69) is 0 Å². The predicted molar refractivity (Wildman–Crippen MR) is 116 cm³/mol. The van der Waals surface area contributed by atoms with E-state index in [9.17, 15) is 14.0 Å². The Balaban J connectivity index is 1.89. The molecule has 0 atom stereocenters. The second kappa shape index (κ2) is 12.4. The van der Waals surface area contributed by atoms with E-state index < -0.39 is 18.5 Å². The first kappa shape index (κ1) is 23.9. The predicted octanol–water partition coefficient (Wildman–Crippen LogP) is 4.23. The maximum atomic E-state index is 13.7. The molecule has 0 aliphatic rings. The Hall–Kier alpha value is -3.35. The number of likely N-dealkylation sites (N-methyl/N-ethyl adjacent to an activating group) is 1. The van der Waals surface area contributed by atoms with Crippen LogP contribution in [0.1, 0.15) is 31.4 Å². The highest BCUT2D eigenvalue weighted by molar-refractivity contribution is 5.89. The molecular formula is C24H28FNO5. The normalized spacial score (nSPS) is 10.7. The molecule has 0 saturated heterocycles. The van der Waals surface area contributed by atoms with Crippen molar-refractivity contribution < 1.29 is 28.2 Å². The zero-order chi connectivity index (χ0) is 22.6. The number of halogens is 1. The van der Waals surface area contributed by atoms with Gasteiger partial charge in [-0.15, -0.1) is 0 Å². The summed E-state index contributed by atoms with van der Waals surface area (Å²) in [7, 11) is 1.52. The molecule has 0 saturated carbocycles. The lowest BCUT2D eigenvalue weighted by Crippen LogP contribution is -2.30. The molecule has 0 aromatic heterocycles. The van der Waals surface area contributed by atoms with Crippen molar-refractivity contribution in [2.75, 3.05) is 26.9 Å². The Labute approximate surface area is 182 Å². The summed E-state index contributed by atoms with van der Waals surface area (Å²) >= 11 is 0. The largest absolute Gasteiger partial charge is 0.490 e. The smallest absolute Gasteiger partial charge is 0.331 e. The standard InChI is InChI=1S/C24H28FNO5/c1-4-14-30-21-12-10-18(15-22(21)29-5-2)11-13-24(28)31-17-23(27)26(3)16-19-8-6-7-9-20(19)25/h6-13,15H,4-5,14,16-17H2,1-3H3/b13-11+. The van der Waals surface area contributed by atoms with Crippen molar-refractivity contribution in [3.05, 3.63) is 65.5 Å². The third-order valence-corrected chi connectivity index (χ3v) is 4.27. The van der Waals surface area contributed by atoms with Crippen molar-refractivity contribution in [3.8, 4) is 11.5 Å². The summed E-state index contributed by atoms with van der Waals surface area (Å²) in [5.74, 6) is -0.235. The molecule has 0 fully saturated rings. The first-order valence-electron chi connectivity index (χ1n) is 10.2. The van der Waals surface area contributed by atoms with E-state index in [1.807, 2.05) is 13.8 Å². The monoisotopic (exact) mass is 429 g/mol. The summed E-state index contributed by atoms with van der Waals surface area (Å²) in [5, 5.41) is 0. The Morgan fingerprint density at radius 2 is 1.84 bits per heavy atom. The molecule has 2 aromatic rings. The van der Waals surface area contributed by atoms with Gasteiger partial charge in [-0.25, -0.2) is 9.18 Å². The lowest BCUT2D eigenvalue weighted by molar-refractivity contribution is -0.147. The molecule has 0 spiro atoms. The van der Waals surface area contributed by atoms with Crippen molar-refractivity contribution in [1.82, 2.24) is 4.90 Å². The topological polar surface area (TPSA) is 65.1 Å². The van der Waals surface area contributed by atoms with Gasteiger partial charge in [-0.2, -0.15) is 0 Å². The summed E-state index contributed by atoms with van der Waals surface area (Å²) in [4.78, 5) is 25.4. The molecule has 166 valence electrons. The van der Waals surface area contributed by atoms with Crippen LogP contribution in [0.4, 0.5) is 4.39 Å². The molecule has 2 aromatic carbocycles. The van der Waals surface area contributed by atoms with Gasteiger partial charge in [-0.3, -0.25) is 4.79 Å².